The zero-order chi connectivity index (χ0) is 20.8. The van der Waals surface area contributed by atoms with Gasteiger partial charge in [-0.1, -0.05) is 58.1 Å². The minimum absolute atomic E-state index is 0. The van der Waals surface area contributed by atoms with Gasteiger partial charge in [0.15, 0.2) is 0 Å². The van der Waals surface area contributed by atoms with Gasteiger partial charge in [-0.2, -0.15) is 0 Å². The molecule has 0 amide bonds. The molecule has 0 aliphatic heterocycles. The smallest absolute Gasteiger partial charge is 0.229 e. The lowest BCUT2D eigenvalue weighted by Gasteiger charge is -2.29. The second-order valence-corrected chi connectivity index (χ2v) is 9.86. The van der Waals surface area contributed by atoms with Crippen molar-refractivity contribution in [2.24, 2.45) is 0 Å². The lowest BCUT2D eigenvalue weighted by molar-refractivity contribution is 0.190. The third-order valence-electron chi connectivity index (χ3n) is 5.32. The fourth-order valence-corrected chi connectivity index (χ4v) is 4.13. The van der Waals surface area contributed by atoms with E-state index in [-0.39, 0.29) is 17.0 Å². The Balaban J connectivity index is 0.00000784. The van der Waals surface area contributed by atoms with Gasteiger partial charge in [0.25, 0.3) is 0 Å². The maximum Gasteiger partial charge on any atom is 0.229 e. The number of sulfonamides is 1. The molecule has 170 valence electrons. The van der Waals surface area contributed by atoms with Crippen LogP contribution in [0.1, 0.15) is 84.1 Å². The van der Waals surface area contributed by atoms with Crippen molar-refractivity contribution in [1.82, 2.24) is 4.90 Å². The topological polar surface area (TPSA) is 49.4 Å². The van der Waals surface area contributed by atoms with E-state index in [9.17, 15) is 8.42 Å². The Morgan fingerprint density at radius 3 is 2.07 bits per heavy atom. The Morgan fingerprint density at radius 1 is 0.897 bits per heavy atom. The fourth-order valence-electron chi connectivity index (χ4n) is 3.57. The summed E-state index contributed by atoms with van der Waals surface area (Å²) >= 11 is 0. The van der Waals surface area contributed by atoms with Crippen LogP contribution in [0.3, 0.4) is 0 Å². The van der Waals surface area contributed by atoms with E-state index < -0.39 is 10.0 Å². The van der Waals surface area contributed by atoms with E-state index in [0.717, 1.165) is 6.42 Å². The van der Waals surface area contributed by atoms with Crippen molar-refractivity contribution in [3.8, 4) is 0 Å². The maximum absolute atomic E-state index is 11.3. The molecule has 0 fully saturated rings. The summed E-state index contributed by atoms with van der Waals surface area (Å²) in [6.07, 6.45) is 13.9. The predicted octanol–water partition coefficient (Wildman–Crippen LogP) is 6.42. The number of hydrogen-bond donors (Lipinski definition) is 1. The van der Waals surface area contributed by atoms with E-state index in [0.29, 0.717) is 11.7 Å². The summed E-state index contributed by atoms with van der Waals surface area (Å²) in [5, 5.41) is 0. The molecule has 1 aromatic carbocycles. The largest absolute Gasteiger partial charge is 0.301 e. The highest BCUT2D eigenvalue weighted by molar-refractivity contribution is 8.93. The first-order chi connectivity index (χ1) is 13.4. The van der Waals surface area contributed by atoms with Crippen molar-refractivity contribution < 1.29 is 8.42 Å². The second kappa shape index (κ2) is 16.1. The number of rotatable bonds is 16. The first-order valence-electron chi connectivity index (χ1n) is 11.2. The number of anilines is 1. The molecule has 0 bridgehead atoms. The molecular weight excluding hydrogens is 448 g/mol. The SMILES string of the molecule is Br.CCCCCCCN(CCCC)C(C)CCCc1ccc(NS(C)(=O)=O)cc1. The van der Waals surface area contributed by atoms with E-state index in [1.165, 1.54) is 82.7 Å². The lowest BCUT2D eigenvalue weighted by atomic mass is 10.0. The fraction of sp³-hybridized carbons (Fsp3) is 0.739. The van der Waals surface area contributed by atoms with Gasteiger partial charge in [-0.3, -0.25) is 4.72 Å². The zero-order valence-corrected chi connectivity index (χ0v) is 21.5. The summed E-state index contributed by atoms with van der Waals surface area (Å²) in [6, 6.07) is 8.39. The summed E-state index contributed by atoms with van der Waals surface area (Å²) in [4.78, 5) is 2.69. The first-order valence-corrected chi connectivity index (χ1v) is 13.1. The van der Waals surface area contributed by atoms with E-state index in [4.69, 9.17) is 0 Å². The van der Waals surface area contributed by atoms with Gasteiger partial charge in [-0.25, -0.2) is 8.42 Å². The van der Waals surface area contributed by atoms with Gasteiger partial charge in [-0.05, 0) is 69.8 Å². The van der Waals surface area contributed by atoms with Crippen LogP contribution >= 0.6 is 17.0 Å². The number of halogens is 1. The van der Waals surface area contributed by atoms with Crippen molar-refractivity contribution in [2.75, 3.05) is 24.1 Å². The minimum Gasteiger partial charge on any atom is -0.301 e. The molecule has 4 nitrogen and oxygen atoms in total. The monoisotopic (exact) mass is 490 g/mol. The number of benzene rings is 1. The summed E-state index contributed by atoms with van der Waals surface area (Å²) in [7, 11) is -3.20. The Kier molecular flexibility index (Phi) is 15.8. The Labute approximate surface area is 190 Å². The molecule has 0 saturated carbocycles. The van der Waals surface area contributed by atoms with Gasteiger partial charge in [-0.15, -0.1) is 17.0 Å². The highest BCUT2D eigenvalue weighted by atomic mass is 79.9. The van der Waals surface area contributed by atoms with Gasteiger partial charge in [0, 0.05) is 11.7 Å². The van der Waals surface area contributed by atoms with Gasteiger partial charge in [0.1, 0.15) is 0 Å². The normalized spacial score (nSPS) is 12.6. The van der Waals surface area contributed by atoms with Crippen LogP contribution in [0.5, 0.6) is 0 Å². The van der Waals surface area contributed by atoms with Crippen LogP contribution in [0.4, 0.5) is 5.69 Å². The third-order valence-corrected chi connectivity index (χ3v) is 5.92. The Morgan fingerprint density at radius 2 is 1.48 bits per heavy atom. The third kappa shape index (κ3) is 14.1. The first kappa shape index (κ1) is 28.4. The van der Waals surface area contributed by atoms with E-state index >= 15 is 0 Å². The number of hydrogen-bond acceptors (Lipinski definition) is 3. The van der Waals surface area contributed by atoms with Crippen LogP contribution in [0, 0.1) is 0 Å². The van der Waals surface area contributed by atoms with Gasteiger partial charge in [0.2, 0.25) is 10.0 Å². The molecule has 1 rings (SSSR count). The van der Waals surface area contributed by atoms with Crippen LogP contribution in [0.25, 0.3) is 0 Å². The van der Waals surface area contributed by atoms with Gasteiger partial charge < -0.3 is 4.90 Å². The van der Waals surface area contributed by atoms with E-state index in [2.05, 4.69) is 30.4 Å². The van der Waals surface area contributed by atoms with Crippen LogP contribution < -0.4 is 4.72 Å². The molecule has 0 heterocycles. The molecule has 0 aliphatic carbocycles. The Hall–Kier alpha value is -0.590. The molecule has 0 saturated heterocycles. The van der Waals surface area contributed by atoms with Crippen LogP contribution in [-0.2, 0) is 16.4 Å². The summed E-state index contributed by atoms with van der Waals surface area (Å²) in [5.41, 5.74) is 1.90. The molecule has 0 spiro atoms. The molecule has 1 aromatic rings. The molecule has 6 heteroatoms. The van der Waals surface area contributed by atoms with Crippen LogP contribution in [-0.4, -0.2) is 38.7 Å². The Bertz CT molecular complexity index is 620. The highest BCUT2D eigenvalue weighted by Gasteiger charge is 2.13. The predicted molar refractivity (Wildman–Crippen MR) is 133 cm³/mol. The molecule has 0 aliphatic rings. The highest BCUT2D eigenvalue weighted by Crippen LogP contribution is 2.16. The number of unbranched alkanes of at least 4 members (excludes halogenated alkanes) is 5. The lowest BCUT2D eigenvalue weighted by Crippen LogP contribution is -2.35. The number of nitrogens with zero attached hydrogens (tertiary/aromatic N) is 1. The molecule has 0 radical (unpaired) electrons. The van der Waals surface area contributed by atoms with Gasteiger partial charge in [0.05, 0.1) is 6.26 Å². The standard InChI is InChI=1S/C23H42N2O2S.BrH/c1-5-7-9-10-11-20-25(19-8-6-2)21(3)13-12-14-22-15-17-23(18-16-22)24-28(4,26)27;/h15-18,21,24H,5-14,19-20H2,1-4H3;1H. The van der Waals surface area contributed by atoms with Crippen molar-refractivity contribution in [2.45, 2.75) is 91.0 Å². The number of aryl methyl sites for hydroxylation is 1. The average Bonchev–Trinajstić information content (AvgIpc) is 2.64. The van der Waals surface area contributed by atoms with Crippen LogP contribution in [0.15, 0.2) is 24.3 Å². The zero-order valence-electron chi connectivity index (χ0n) is 19.0. The van der Waals surface area contributed by atoms with E-state index in [1.54, 1.807) is 0 Å². The molecular formula is C23H43BrN2O2S. The van der Waals surface area contributed by atoms with Crippen LogP contribution in [0.2, 0.25) is 0 Å². The molecule has 1 N–H and O–H groups in total. The van der Waals surface area contributed by atoms with E-state index in [1.807, 2.05) is 24.3 Å². The molecule has 1 atom stereocenters. The maximum atomic E-state index is 11.3. The minimum atomic E-state index is -3.20. The summed E-state index contributed by atoms with van der Waals surface area (Å²) < 4.78 is 25.1. The summed E-state index contributed by atoms with van der Waals surface area (Å²) in [6.45, 7) is 9.37. The second-order valence-electron chi connectivity index (χ2n) is 8.12. The van der Waals surface area contributed by atoms with Crippen molar-refractivity contribution in [1.29, 1.82) is 0 Å². The summed E-state index contributed by atoms with van der Waals surface area (Å²) in [5.74, 6) is 0. The quantitative estimate of drug-likeness (QED) is 0.272. The average molecular weight is 492 g/mol. The van der Waals surface area contributed by atoms with Gasteiger partial charge >= 0.3 is 0 Å². The molecule has 1 unspecified atom stereocenters. The van der Waals surface area contributed by atoms with Crippen molar-refractivity contribution in [3.05, 3.63) is 29.8 Å². The van der Waals surface area contributed by atoms with Crippen molar-refractivity contribution in [3.63, 3.8) is 0 Å². The molecule has 29 heavy (non-hydrogen) atoms. The number of nitrogens with one attached hydrogen (secondary N) is 1. The molecule has 0 aromatic heterocycles. The van der Waals surface area contributed by atoms with Crippen molar-refractivity contribution >= 4 is 32.7 Å².